The van der Waals surface area contributed by atoms with Crippen LogP contribution in [0, 0.1) is 0 Å². The first-order valence-corrected chi connectivity index (χ1v) is 5.53. The van der Waals surface area contributed by atoms with E-state index in [1.807, 2.05) is 6.07 Å². The molecule has 1 aliphatic rings. The predicted octanol–water partition coefficient (Wildman–Crippen LogP) is 0.651. The van der Waals surface area contributed by atoms with Crippen molar-refractivity contribution in [2.24, 2.45) is 0 Å². The number of ether oxygens (including phenoxy) is 1. The molecule has 0 saturated heterocycles. The first-order valence-electron chi connectivity index (χ1n) is 5.53. The van der Waals surface area contributed by atoms with Crippen molar-refractivity contribution < 1.29 is 19.2 Å². The number of ketones is 1. The zero-order chi connectivity index (χ0) is 12.6. The average Bonchev–Trinajstić information content (AvgIpc) is 2.60. The predicted molar refractivity (Wildman–Crippen MR) is 64.2 cm³/mol. The first-order chi connectivity index (χ1) is 7.90. The van der Waals surface area contributed by atoms with Crippen LogP contribution in [0.2, 0.25) is 0 Å². The van der Waals surface area contributed by atoms with Crippen molar-refractivity contribution in [2.45, 2.75) is 33.0 Å². The minimum atomic E-state index is -0.894. The minimum Gasteiger partial charge on any atom is -0.480 e. The lowest BCUT2D eigenvalue weighted by atomic mass is 9.79. The van der Waals surface area contributed by atoms with Crippen molar-refractivity contribution in [1.29, 1.82) is 0 Å². The molecule has 17 heavy (non-hydrogen) atoms. The Hall–Kier alpha value is -1.33. The van der Waals surface area contributed by atoms with E-state index in [1.54, 1.807) is 26.0 Å². The highest BCUT2D eigenvalue weighted by molar-refractivity contribution is 6.61. The van der Waals surface area contributed by atoms with Crippen molar-refractivity contribution in [1.82, 2.24) is 0 Å². The van der Waals surface area contributed by atoms with Gasteiger partial charge in [-0.3, -0.25) is 4.79 Å². The second-order valence-electron chi connectivity index (χ2n) is 4.69. The van der Waals surface area contributed by atoms with Gasteiger partial charge in [0.05, 0.1) is 6.61 Å². The molecule has 2 rings (SSSR count). The summed E-state index contributed by atoms with van der Waals surface area (Å²) in [5, 5.41) is 9.57. The Balaban J connectivity index is 2.24. The summed E-state index contributed by atoms with van der Waals surface area (Å²) < 4.78 is 10.7. The highest BCUT2D eigenvalue weighted by atomic mass is 16.5. The molecular weight excluding hydrogens is 219 g/mol. The monoisotopic (exact) mass is 234 g/mol. The summed E-state index contributed by atoms with van der Waals surface area (Å²) in [6.07, 6.45) is 0. The summed E-state index contributed by atoms with van der Waals surface area (Å²) in [5.74, 6) is 0.517. The van der Waals surface area contributed by atoms with Crippen molar-refractivity contribution in [3.05, 3.63) is 23.8 Å². The highest BCUT2D eigenvalue weighted by Crippen LogP contribution is 2.21. The van der Waals surface area contributed by atoms with Gasteiger partial charge in [0.15, 0.2) is 11.4 Å². The third kappa shape index (κ3) is 2.35. The van der Waals surface area contributed by atoms with E-state index in [9.17, 15) is 9.82 Å². The summed E-state index contributed by atoms with van der Waals surface area (Å²) in [6.45, 7) is 5.34. The van der Waals surface area contributed by atoms with E-state index in [0.29, 0.717) is 17.8 Å². The molecule has 1 heterocycles. The van der Waals surface area contributed by atoms with Crippen LogP contribution in [-0.2, 0) is 16.1 Å². The Bertz CT molecular complexity index is 456. The molecule has 0 aromatic heterocycles. The van der Waals surface area contributed by atoms with Crippen LogP contribution >= 0.6 is 0 Å². The molecule has 4 nitrogen and oxygen atoms in total. The number of fused-ring (bicyclic) bond motifs is 1. The van der Waals surface area contributed by atoms with E-state index in [2.05, 4.69) is 0 Å². The van der Waals surface area contributed by atoms with Gasteiger partial charge < -0.3 is 14.4 Å². The van der Waals surface area contributed by atoms with Crippen LogP contribution < -0.4 is 10.2 Å². The number of carbonyl (C=O) groups excluding carboxylic acids is 1. The van der Waals surface area contributed by atoms with Gasteiger partial charge >= 0.3 is 7.12 Å². The topological polar surface area (TPSA) is 55.8 Å². The number of hydrogen-bond donors (Lipinski definition) is 1. The molecule has 5 heteroatoms. The van der Waals surface area contributed by atoms with Gasteiger partial charge in [-0.2, -0.15) is 0 Å². The lowest BCUT2D eigenvalue weighted by molar-refractivity contribution is -0.129. The van der Waals surface area contributed by atoms with Gasteiger partial charge in [-0.15, -0.1) is 0 Å². The molecule has 1 aliphatic heterocycles. The first kappa shape index (κ1) is 12.1. The molecule has 0 saturated carbocycles. The van der Waals surface area contributed by atoms with E-state index < -0.39 is 12.7 Å². The molecular formula is C12H15BO4. The van der Waals surface area contributed by atoms with Gasteiger partial charge in [-0.1, -0.05) is 6.07 Å². The van der Waals surface area contributed by atoms with Crippen LogP contribution in [0.25, 0.3) is 0 Å². The molecule has 1 aromatic rings. The fraction of sp³-hybridized carbons (Fsp3) is 0.417. The fourth-order valence-corrected chi connectivity index (χ4v) is 1.62. The van der Waals surface area contributed by atoms with Crippen LogP contribution in [0.4, 0.5) is 0 Å². The fourth-order valence-electron chi connectivity index (χ4n) is 1.62. The van der Waals surface area contributed by atoms with Crippen LogP contribution in [0.15, 0.2) is 18.2 Å². The largest absolute Gasteiger partial charge is 0.491 e. The summed E-state index contributed by atoms with van der Waals surface area (Å²) >= 11 is 0. The summed E-state index contributed by atoms with van der Waals surface area (Å²) in [5.41, 5.74) is 0.797. The summed E-state index contributed by atoms with van der Waals surface area (Å²) in [4.78, 5) is 11.4. The van der Waals surface area contributed by atoms with Gasteiger partial charge in [-0.05, 0) is 43.9 Å². The molecule has 0 fully saturated rings. The molecule has 0 bridgehead atoms. The minimum absolute atomic E-state index is 0.0465. The smallest absolute Gasteiger partial charge is 0.480 e. The van der Waals surface area contributed by atoms with Crippen molar-refractivity contribution in [3.8, 4) is 5.75 Å². The van der Waals surface area contributed by atoms with Gasteiger partial charge in [0.1, 0.15) is 5.75 Å². The molecule has 0 spiro atoms. The average molecular weight is 234 g/mol. The Morgan fingerprint density at radius 1 is 1.53 bits per heavy atom. The van der Waals surface area contributed by atoms with Gasteiger partial charge in [0.2, 0.25) is 0 Å². The molecule has 1 N–H and O–H groups in total. The van der Waals surface area contributed by atoms with E-state index in [-0.39, 0.29) is 5.78 Å². The van der Waals surface area contributed by atoms with Crippen molar-refractivity contribution >= 4 is 18.4 Å². The Morgan fingerprint density at radius 2 is 2.24 bits per heavy atom. The van der Waals surface area contributed by atoms with E-state index in [4.69, 9.17) is 9.39 Å². The summed E-state index contributed by atoms with van der Waals surface area (Å²) in [7, 11) is -0.894. The Kier molecular flexibility index (Phi) is 2.97. The Labute approximate surface area is 101 Å². The van der Waals surface area contributed by atoms with Crippen molar-refractivity contribution in [3.63, 3.8) is 0 Å². The van der Waals surface area contributed by atoms with Crippen LogP contribution in [0.1, 0.15) is 26.3 Å². The van der Waals surface area contributed by atoms with Gasteiger partial charge in [0.25, 0.3) is 0 Å². The summed E-state index contributed by atoms with van der Waals surface area (Å²) in [6, 6.07) is 5.35. The molecule has 0 unspecified atom stereocenters. The zero-order valence-corrected chi connectivity index (χ0v) is 10.2. The number of benzene rings is 1. The molecule has 0 amide bonds. The second kappa shape index (κ2) is 4.16. The standard InChI is InChI=1S/C12H15BO4/c1-8(14)12(2,3)17-10-5-4-9-7-16-13(15)11(9)6-10/h4-6,15H,7H2,1-3H3. The number of carbonyl (C=O) groups is 1. The lowest BCUT2D eigenvalue weighted by Crippen LogP contribution is -2.37. The highest BCUT2D eigenvalue weighted by Gasteiger charge is 2.30. The number of Topliss-reactive ketones (excluding diaryl/α,β-unsaturated/α-hetero) is 1. The molecule has 0 radical (unpaired) electrons. The van der Waals surface area contributed by atoms with Gasteiger partial charge in [0, 0.05) is 0 Å². The molecule has 1 aromatic carbocycles. The van der Waals surface area contributed by atoms with E-state index in [0.717, 1.165) is 5.56 Å². The van der Waals surface area contributed by atoms with Crippen LogP contribution in [0.3, 0.4) is 0 Å². The van der Waals surface area contributed by atoms with Crippen LogP contribution in [0.5, 0.6) is 5.75 Å². The normalized spacial score (nSPS) is 14.7. The Morgan fingerprint density at radius 3 is 2.88 bits per heavy atom. The third-order valence-corrected chi connectivity index (χ3v) is 3.00. The maximum Gasteiger partial charge on any atom is 0.491 e. The zero-order valence-electron chi connectivity index (χ0n) is 10.2. The van der Waals surface area contributed by atoms with E-state index in [1.165, 1.54) is 6.92 Å². The SMILES string of the molecule is CC(=O)C(C)(C)Oc1ccc2c(c1)B(O)OC2. The maximum atomic E-state index is 11.4. The molecule has 90 valence electrons. The maximum absolute atomic E-state index is 11.4. The third-order valence-electron chi connectivity index (χ3n) is 3.00. The van der Waals surface area contributed by atoms with Gasteiger partial charge in [-0.25, -0.2) is 0 Å². The molecule has 0 aliphatic carbocycles. The quantitative estimate of drug-likeness (QED) is 0.780. The number of hydrogen-bond acceptors (Lipinski definition) is 4. The second-order valence-corrected chi connectivity index (χ2v) is 4.69. The number of rotatable bonds is 3. The van der Waals surface area contributed by atoms with Crippen molar-refractivity contribution in [2.75, 3.05) is 0 Å². The lowest BCUT2D eigenvalue weighted by Gasteiger charge is -2.23. The van der Waals surface area contributed by atoms with Crippen LogP contribution in [-0.4, -0.2) is 23.5 Å². The van der Waals surface area contributed by atoms with E-state index >= 15 is 0 Å². The molecule has 0 atom stereocenters.